The molecule has 0 bridgehead atoms. The van der Waals surface area contributed by atoms with Gasteiger partial charge in [-0.25, -0.2) is 0 Å². The van der Waals surface area contributed by atoms with Gasteiger partial charge in [-0.2, -0.15) is 0 Å². The number of ether oxygens (including phenoxy) is 1. The minimum absolute atomic E-state index is 0.0252. The van der Waals surface area contributed by atoms with E-state index in [2.05, 4.69) is 30.7 Å². The van der Waals surface area contributed by atoms with Crippen LogP contribution in [0, 0.1) is 6.92 Å². The van der Waals surface area contributed by atoms with E-state index in [1.807, 2.05) is 30.3 Å². The van der Waals surface area contributed by atoms with Crippen LogP contribution < -0.4 is 15.0 Å². The second-order valence-corrected chi connectivity index (χ2v) is 7.83. The van der Waals surface area contributed by atoms with Crippen LogP contribution in [0.4, 0.5) is 5.69 Å². The molecule has 0 radical (unpaired) electrons. The predicted octanol–water partition coefficient (Wildman–Crippen LogP) is 1.91. The van der Waals surface area contributed by atoms with E-state index in [1.165, 1.54) is 4.90 Å². The van der Waals surface area contributed by atoms with E-state index in [9.17, 15) is 9.59 Å². The Bertz CT molecular complexity index is 1350. The monoisotopic (exact) mass is 459 g/mol. The lowest BCUT2D eigenvalue weighted by atomic mass is 10.1. The van der Waals surface area contributed by atoms with Crippen molar-refractivity contribution in [2.24, 2.45) is 0 Å². The third kappa shape index (κ3) is 4.22. The van der Waals surface area contributed by atoms with E-state index in [0.29, 0.717) is 41.0 Å². The quantitative estimate of drug-likeness (QED) is 0.461. The summed E-state index contributed by atoms with van der Waals surface area (Å²) in [7, 11) is 1.62. The van der Waals surface area contributed by atoms with Crippen LogP contribution in [0.25, 0.3) is 11.5 Å². The lowest BCUT2D eigenvalue weighted by molar-refractivity contribution is -0.120. The molecule has 1 aliphatic heterocycles. The molecule has 2 amide bonds. The van der Waals surface area contributed by atoms with Crippen molar-refractivity contribution in [2.45, 2.75) is 19.4 Å². The Labute approximate surface area is 194 Å². The van der Waals surface area contributed by atoms with Gasteiger partial charge in [-0.1, -0.05) is 30.3 Å². The number of aryl methyl sites for hydroxylation is 1. The predicted molar refractivity (Wildman–Crippen MR) is 120 cm³/mol. The molecule has 172 valence electrons. The molecule has 0 saturated carbocycles. The first-order valence-corrected chi connectivity index (χ1v) is 10.6. The minimum atomic E-state index is -0.915. The van der Waals surface area contributed by atoms with Crippen LogP contribution in [-0.2, 0) is 11.2 Å². The number of hydrogen-bond acceptors (Lipinski definition) is 8. The van der Waals surface area contributed by atoms with E-state index < -0.39 is 11.9 Å². The maximum atomic E-state index is 13.1. The van der Waals surface area contributed by atoms with Gasteiger partial charge in [-0.05, 0) is 23.8 Å². The third-order valence-electron chi connectivity index (χ3n) is 5.40. The highest BCUT2D eigenvalue weighted by Gasteiger charge is 2.32. The number of carbonyl (C=O) groups excluding carboxylic acids is 2. The second kappa shape index (κ2) is 8.77. The number of amides is 2. The maximum Gasteiger partial charge on any atom is 0.289 e. The normalized spacial score (nSPS) is 15.4. The molecule has 2 N–H and O–H groups in total. The van der Waals surface area contributed by atoms with Gasteiger partial charge in [-0.3, -0.25) is 9.59 Å². The maximum absolute atomic E-state index is 13.1. The Morgan fingerprint density at radius 2 is 1.97 bits per heavy atom. The summed E-state index contributed by atoms with van der Waals surface area (Å²) in [5, 5.41) is 18.5. The van der Waals surface area contributed by atoms with Crippen LogP contribution in [0.5, 0.6) is 5.75 Å². The number of carbonyl (C=O) groups is 2. The highest BCUT2D eigenvalue weighted by atomic mass is 16.5. The molecule has 0 saturated heterocycles. The van der Waals surface area contributed by atoms with Gasteiger partial charge in [0.15, 0.2) is 0 Å². The van der Waals surface area contributed by atoms with E-state index in [1.54, 1.807) is 32.2 Å². The summed E-state index contributed by atoms with van der Waals surface area (Å²) in [5.74, 6) is 0.965. The average Bonchev–Trinajstić information content (AvgIpc) is 3.48. The topological polar surface area (TPSA) is 139 Å². The SMILES string of the molecule is Cc1nnc(-c2ccc3c(c2)N(C)C(=O)[C@@H](NC(=O)c2nnc(Cc4ccccc4)[nH]2)CO3)o1. The molecule has 5 rings (SSSR count). The van der Waals surface area contributed by atoms with Crippen molar-refractivity contribution in [2.75, 3.05) is 18.6 Å². The van der Waals surface area contributed by atoms with Crippen molar-refractivity contribution >= 4 is 17.5 Å². The number of H-pyrrole nitrogens is 1. The lowest BCUT2D eigenvalue weighted by Gasteiger charge is -2.20. The molecule has 0 unspecified atom stereocenters. The lowest BCUT2D eigenvalue weighted by Crippen LogP contribution is -2.49. The zero-order chi connectivity index (χ0) is 23.7. The van der Waals surface area contributed by atoms with Crippen molar-refractivity contribution in [3.8, 4) is 17.2 Å². The second-order valence-electron chi connectivity index (χ2n) is 7.83. The van der Waals surface area contributed by atoms with Crippen LogP contribution in [0.15, 0.2) is 52.9 Å². The molecule has 1 aliphatic rings. The van der Waals surface area contributed by atoms with E-state index in [0.717, 1.165) is 5.56 Å². The number of nitrogens with one attached hydrogen (secondary N) is 2. The summed E-state index contributed by atoms with van der Waals surface area (Å²) < 4.78 is 11.3. The number of likely N-dealkylation sites (N-methyl/N-ethyl adjacent to an activating group) is 1. The van der Waals surface area contributed by atoms with Gasteiger partial charge in [-0.15, -0.1) is 20.4 Å². The molecule has 0 aliphatic carbocycles. The summed E-state index contributed by atoms with van der Waals surface area (Å²) in [6, 6.07) is 14.0. The highest BCUT2D eigenvalue weighted by molar-refractivity contribution is 6.02. The minimum Gasteiger partial charge on any atom is -0.489 e. The van der Waals surface area contributed by atoms with Gasteiger partial charge in [0.05, 0.1) is 5.69 Å². The fourth-order valence-electron chi connectivity index (χ4n) is 3.64. The Morgan fingerprint density at radius 1 is 1.15 bits per heavy atom. The molecule has 0 fully saturated rings. The van der Waals surface area contributed by atoms with Crippen LogP contribution >= 0.6 is 0 Å². The van der Waals surface area contributed by atoms with Gasteiger partial charge in [0.2, 0.25) is 17.6 Å². The van der Waals surface area contributed by atoms with Gasteiger partial charge < -0.3 is 24.4 Å². The highest BCUT2D eigenvalue weighted by Crippen LogP contribution is 2.34. The molecule has 1 atom stereocenters. The molecule has 2 aromatic carbocycles. The number of benzene rings is 2. The average molecular weight is 459 g/mol. The van der Waals surface area contributed by atoms with Gasteiger partial charge in [0, 0.05) is 26.0 Å². The van der Waals surface area contributed by atoms with Gasteiger partial charge in [0.1, 0.15) is 24.2 Å². The fraction of sp³-hybridized carbons (Fsp3) is 0.217. The number of hydrogen-bond donors (Lipinski definition) is 2. The summed E-state index contributed by atoms with van der Waals surface area (Å²) >= 11 is 0. The fourth-order valence-corrected chi connectivity index (χ4v) is 3.64. The molecule has 0 spiro atoms. The molecule has 34 heavy (non-hydrogen) atoms. The summed E-state index contributed by atoms with van der Waals surface area (Å²) in [6.07, 6.45) is 0.506. The van der Waals surface area contributed by atoms with E-state index in [-0.39, 0.29) is 18.3 Å². The zero-order valence-electron chi connectivity index (χ0n) is 18.5. The van der Waals surface area contributed by atoms with E-state index >= 15 is 0 Å². The van der Waals surface area contributed by atoms with Crippen molar-refractivity contribution in [1.82, 2.24) is 30.7 Å². The number of rotatable bonds is 5. The molecule has 2 aromatic heterocycles. The molecule has 11 heteroatoms. The van der Waals surface area contributed by atoms with Crippen molar-refractivity contribution < 1.29 is 18.7 Å². The van der Waals surface area contributed by atoms with Crippen molar-refractivity contribution in [1.29, 1.82) is 0 Å². The standard InChI is InChI=1S/C23H21N7O4/c1-13-26-29-22(34-13)15-8-9-18-17(11-15)30(2)23(32)16(12-33-18)24-21(31)20-25-19(27-28-20)10-14-6-4-3-5-7-14/h3-9,11,16H,10,12H2,1-2H3,(H,24,31)(H,25,27,28)/t16-/m0/s1. The molecule has 3 heterocycles. The summed E-state index contributed by atoms with van der Waals surface area (Å²) in [5.41, 5.74) is 2.21. The molecule has 11 nitrogen and oxygen atoms in total. The summed E-state index contributed by atoms with van der Waals surface area (Å²) in [4.78, 5) is 30.2. The van der Waals surface area contributed by atoms with Crippen LogP contribution in [0.1, 0.15) is 27.9 Å². The van der Waals surface area contributed by atoms with E-state index in [4.69, 9.17) is 9.15 Å². The van der Waals surface area contributed by atoms with Crippen molar-refractivity contribution in [3.63, 3.8) is 0 Å². The first-order chi connectivity index (χ1) is 16.5. The first kappa shape index (κ1) is 21.3. The van der Waals surface area contributed by atoms with Crippen LogP contribution in [0.3, 0.4) is 0 Å². The largest absolute Gasteiger partial charge is 0.489 e. The number of fused-ring (bicyclic) bond motifs is 1. The van der Waals surface area contributed by atoms with Crippen LogP contribution in [0.2, 0.25) is 0 Å². The van der Waals surface area contributed by atoms with Gasteiger partial charge >= 0.3 is 0 Å². The summed E-state index contributed by atoms with van der Waals surface area (Å²) in [6.45, 7) is 1.66. The Balaban J connectivity index is 1.30. The number of aromatic amines is 1. The van der Waals surface area contributed by atoms with Gasteiger partial charge in [0.25, 0.3) is 11.8 Å². The number of nitrogens with zero attached hydrogens (tertiary/aromatic N) is 5. The first-order valence-electron chi connectivity index (χ1n) is 10.6. The Kier molecular flexibility index (Phi) is 5.50. The smallest absolute Gasteiger partial charge is 0.289 e. The molecule has 4 aromatic rings. The Hall–Kier alpha value is -4.54. The van der Waals surface area contributed by atoms with Crippen molar-refractivity contribution in [3.05, 3.63) is 71.6 Å². The zero-order valence-corrected chi connectivity index (χ0v) is 18.5. The Morgan fingerprint density at radius 3 is 2.74 bits per heavy atom. The van der Waals surface area contributed by atoms with Crippen LogP contribution in [-0.4, -0.2) is 56.9 Å². The third-order valence-corrected chi connectivity index (χ3v) is 5.40. The molecular weight excluding hydrogens is 438 g/mol. The number of anilines is 1. The molecular formula is C23H21N7O4. The number of aromatic nitrogens is 5.